The fraction of sp³-hybridized carbons (Fsp3) is 0.250. The van der Waals surface area contributed by atoms with Crippen LogP contribution >= 0.6 is 11.3 Å². The second-order valence-electron chi connectivity index (χ2n) is 8.34. The Morgan fingerprint density at radius 3 is 2.32 bits per heavy atom. The lowest BCUT2D eigenvalue weighted by Gasteiger charge is -2.12. The van der Waals surface area contributed by atoms with E-state index in [0.717, 1.165) is 17.4 Å². The third kappa shape index (κ3) is 5.77. The second-order valence-corrected chi connectivity index (χ2v) is 9.37. The highest BCUT2D eigenvalue weighted by atomic mass is 32.1. The molecule has 3 N–H and O–H groups in total. The Bertz CT molecular complexity index is 1370. The van der Waals surface area contributed by atoms with E-state index in [9.17, 15) is 41.4 Å². The van der Waals surface area contributed by atoms with Crippen molar-refractivity contribution >= 4 is 40.5 Å². The van der Waals surface area contributed by atoms with Gasteiger partial charge in [-0.3, -0.25) is 9.59 Å². The standard InChI is InChI=1S/C24H18F5N3O4S/c25-15-6-5-12(24(27,28)29)9-18(15)32-23(36)31-17-7-4-11(8-16(17)26)19-10-30-21(37-19)20(33)13-2-1-3-14(13)22(34)35/h4-10,13-14H,1-3H2,(H,34,35)(H2,31,32,36)/t13-,14-/m1/s1. The number of nitrogens with one attached hydrogen (secondary N) is 2. The number of Topliss-reactive ketones (excluding diaryl/α,β-unsaturated/α-hetero) is 1. The van der Waals surface area contributed by atoms with Crippen LogP contribution in [-0.2, 0) is 11.0 Å². The van der Waals surface area contributed by atoms with Gasteiger partial charge in [-0.2, -0.15) is 13.2 Å². The van der Waals surface area contributed by atoms with Crippen molar-refractivity contribution in [2.24, 2.45) is 11.8 Å². The van der Waals surface area contributed by atoms with Gasteiger partial charge >= 0.3 is 18.2 Å². The first-order chi connectivity index (χ1) is 17.4. The van der Waals surface area contributed by atoms with Crippen molar-refractivity contribution < 1.29 is 41.4 Å². The lowest BCUT2D eigenvalue weighted by atomic mass is 9.92. The van der Waals surface area contributed by atoms with Crippen LogP contribution in [0.5, 0.6) is 0 Å². The second kappa shape index (κ2) is 10.2. The Labute approximate surface area is 210 Å². The highest BCUT2D eigenvalue weighted by molar-refractivity contribution is 7.17. The zero-order valence-corrected chi connectivity index (χ0v) is 19.6. The third-order valence-corrected chi connectivity index (χ3v) is 6.99. The van der Waals surface area contributed by atoms with Gasteiger partial charge in [-0.1, -0.05) is 12.5 Å². The van der Waals surface area contributed by atoms with Crippen LogP contribution in [0.15, 0.2) is 42.6 Å². The van der Waals surface area contributed by atoms with Crippen molar-refractivity contribution in [2.75, 3.05) is 10.6 Å². The van der Waals surface area contributed by atoms with Crippen LogP contribution < -0.4 is 10.6 Å². The smallest absolute Gasteiger partial charge is 0.416 e. The number of anilines is 2. The lowest BCUT2D eigenvalue weighted by Crippen LogP contribution is -2.25. The van der Waals surface area contributed by atoms with E-state index in [1.54, 1.807) is 0 Å². The molecule has 0 radical (unpaired) electrons. The number of rotatable bonds is 6. The van der Waals surface area contributed by atoms with Gasteiger partial charge in [0.05, 0.1) is 27.7 Å². The molecule has 13 heteroatoms. The van der Waals surface area contributed by atoms with Crippen molar-refractivity contribution in [3.63, 3.8) is 0 Å². The van der Waals surface area contributed by atoms with E-state index >= 15 is 0 Å². The average molecular weight is 539 g/mol. The van der Waals surface area contributed by atoms with Crippen LogP contribution in [0.3, 0.4) is 0 Å². The largest absolute Gasteiger partial charge is 0.481 e. The molecule has 4 rings (SSSR count). The Balaban J connectivity index is 1.45. The number of aromatic nitrogens is 1. The number of alkyl halides is 3. The number of benzene rings is 2. The summed E-state index contributed by atoms with van der Waals surface area (Å²) < 4.78 is 67.1. The Kier molecular flexibility index (Phi) is 7.25. The van der Waals surface area contributed by atoms with E-state index in [0.29, 0.717) is 47.9 Å². The number of thiazole rings is 1. The molecule has 1 aliphatic rings. The van der Waals surface area contributed by atoms with Gasteiger partial charge < -0.3 is 15.7 Å². The summed E-state index contributed by atoms with van der Waals surface area (Å²) in [6, 6.07) is 3.98. The van der Waals surface area contributed by atoms with Gasteiger partial charge in [-0.25, -0.2) is 18.6 Å². The van der Waals surface area contributed by atoms with E-state index in [2.05, 4.69) is 10.3 Å². The van der Waals surface area contributed by atoms with E-state index in [1.165, 1.54) is 18.3 Å². The van der Waals surface area contributed by atoms with Crippen LogP contribution in [0, 0.1) is 23.5 Å². The maximum absolute atomic E-state index is 14.7. The minimum Gasteiger partial charge on any atom is -0.481 e. The summed E-state index contributed by atoms with van der Waals surface area (Å²) in [7, 11) is 0. The molecule has 0 bridgehead atoms. The number of ketones is 1. The van der Waals surface area contributed by atoms with Gasteiger partial charge in [-0.15, -0.1) is 11.3 Å². The van der Waals surface area contributed by atoms with Crippen molar-refractivity contribution in [3.8, 4) is 10.4 Å². The lowest BCUT2D eigenvalue weighted by molar-refractivity contribution is -0.142. The fourth-order valence-electron chi connectivity index (χ4n) is 4.09. The summed E-state index contributed by atoms with van der Waals surface area (Å²) in [5.74, 6) is -4.85. The first kappa shape index (κ1) is 26.2. The van der Waals surface area contributed by atoms with E-state index in [-0.39, 0.29) is 16.5 Å². The predicted molar refractivity (Wildman–Crippen MR) is 124 cm³/mol. The average Bonchev–Trinajstić information content (AvgIpc) is 3.51. The molecule has 194 valence electrons. The first-order valence-corrected chi connectivity index (χ1v) is 11.7. The van der Waals surface area contributed by atoms with Gasteiger partial charge in [0.1, 0.15) is 11.6 Å². The Hall–Kier alpha value is -3.87. The van der Waals surface area contributed by atoms with E-state index in [4.69, 9.17) is 0 Å². The van der Waals surface area contributed by atoms with Gasteiger partial charge in [0.25, 0.3) is 0 Å². The fourth-order valence-corrected chi connectivity index (χ4v) is 5.01. The molecular weight excluding hydrogens is 521 g/mol. The summed E-state index contributed by atoms with van der Waals surface area (Å²) in [6.07, 6.45) is -1.91. The van der Waals surface area contributed by atoms with Crippen LogP contribution in [0.4, 0.5) is 38.1 Å². The SMILES string of the molecule is O=C(Nc1ccc(-c2cnc(C(=O)[C@@H]3CCC[C@H]3C(=O)O)s2)cc1F)Nc1cc(C(F)(F)F)ccc1F. The number of aliphatic carboxylic acids is 1. The van der Waals surface area contributed by atoms with Gasteiger partial charge in [-0.05, 0) is 48.7 Å². The number of carbonyl (C=O) groups is 3. The third-order valence-electron chi connectivity index (χ3n) is 5.93. The molecule has 1 aromatic heterocycles. The van der Waals surface area contributed by atoms with Crippen LogP contribution in [0.25, 0.3) is 10.4 Å². The molecule has 0 aliphatic heterocycles. The molecule has 0 saturated heterocycles. The summed E-state index contributed by atoms with van der Waals surface area (Å²) in [5.41, 5.74) is -1.91. The quantitative estimate of drug-likeness (QED) is 0.247. The van der Waals surface area contributed by atoms with Crippen molar-refractivity contribution in [2.45, 2.75) is 25.4 Å². The normalized spacial score (nSPS) is 17.4. The molecule has 1 saturated carbocycles. The summed E-state index contributed by atoms with van der Waals surface area (Å²) in [4.78, 5) is 40.8. The molecule has 2 atom stereocenters. The first-order valence-electron chi connectivity index (χ1n) is 10.9. The topological polar surface area (TPSA) is 108 Å². The number of halogens is 5. The van der Waals surface area contributed by atoms with Gasteiger partial charge in [0.2, 0.25) is 0 Å². The molecule has 7 nitrogen and oxygen atoms in total. The number of hydrogen-bond acceptors (Lipinski definition) is 5. The monoisotopic (exact) mass is 539 g/mol. The minimum absolute atomic E-state index is 0.109. The number of nitrogens with zero attached hydrogens (tertiary/aromatic N) is 1. The van der Waals surface area contributed by atoms with Crippen LogP contribution in [0.1, 0.15) is 34.6 Å². The number of carbonyl (C=O) groups excluding carboxylic acids is 2. The predicted octanol–water partition coefficient (Wildman–Crippen LogP) is 6.43. The molecule has 1 fully saturated rings. The molecule has 3 aromatic rings. The zero-order valence-electron chi connectivity index (χ0n) is 18.7. The number of carboxylic acid groups (broad SMARTS) is 1. The number of amides is 2. The van der Waals surface area contributed by atoms with E-state index in [1.807, 2.05) is 5.32 Å². The maximum atomic E-state index is 14.7. The molecule has 0 spiro atoms. The van der Waals surface area contributed by atoms with Crippen LogP contribution in [0.2, 0.25) is 0 Å². The van der Waals surface area contributed by atoms with Gasteiger partial charge in [0, 0.05) is 12.1 Å². The Morgan fingerprint density at radius 2 is 1.65 bits per heavy atom. The summed E-state index contributed by atoms with van der Waals surface area (Å²) >= 11 is 0.976. The zero-order chi connectivity index (χ0) is 26.9. The van der Waals surface area contributed by atoms with Crippen molar-refractivity contribution in [3.05, 3.63) is 64.8 Å². The summed E-state index contributed by atoms with van der Waals surface area (Å²) in [6.45, 7) is 0. The molecule has 2 amide bonds. The molecule has 37 heavy (non-hydrogen) atoms. The molecule has 2 aromatic carbocycles. The number of carboxylic acids is 1. The molecule has 1 heterocycles. The molecule has 1 aliphatic carbocycles. The number of hydrogen-bond donors (Lipinski definition) is 3. The summed E-state index contributed by atoms with van der Waals surface area (Å²) in [5, 5.41) is 13.4. The maximum Gasteiger partial charge on any atom is 0.416 e. The van der Waals surface area contributed by atoms with Crippen molar-refractivity contribution in [1.29, 1.82) is 0 Å². The molecular formula is C24H18F5N3O4S. The minimum atomic E-state index is -4.75. The Morgan fingerprint density at radius 1 is 0.946 bits per heavy atom. The van der Waals surface area contributed by atoms with Crippen LogP contribution in [-0.4, -0.2) is 27.9 Å². The highest BCUT2D eigenvalue weighted by Gasteiger charge is 2.39. The molecule has 0 unspecified atom stereocenters. The highest BCUT2D eigenvalue weighted by Crippen LogP contribution is 2.37. The number of urea groups is 1. The van der Waals surface area contributed by atoms with Gasteiger partial charge in [0.15, 0.2) is 10.8 Å². The van der Waals surface area contributed by atoms with Crippen molar-refractivity contribution in [1.82, 2.24) is 4.98 Å². The van der Waals surface area contributed by atoms with E-state index < -0.39 is 52.9 Å².